The first kappa shape index (κ1) is 24.5. The van der Waals surface area contributed by atoms with Gasteiger partial charge in [0.25, 0.3) is 0 Å². The van der Waals surface area contributed by atoms with Gasteiger partial charge in [-0.2, -0.15) is 0 Å². The smallest absolute Gasteiger partial charge is 0.248 e. The minimum atomic E-state index is -0.194. The summed E-state index contributed by atoms with van der Waals surface area (Å²) >= 11 is 1.66. The van der Waals surface area contributed by atoms with Crippen LogP contribution in [-0.2, 0) is 4.79 Å². The highest BCUT2D eigenvalue weighted by Crippen LogP contribution is 2.38. The lowest BCUT2D eigenvalue weighted by atomic mass is 9.99. The first-order valence-corrected chi connectivity index (χ1v) is 12.8. The molecule has 6 heteroatoms. The van der Waals surface area contributed by atoms with Crippen LogP contribution >= 0.6 is 11.8 Å². The molecular formula is C29H29NO4S. The van der Waals surface area contributed by atoms with Crippen LogP contribution in [0.25, 0.3) is 27.7 Å². The number of anilines is 1. The summed E-state index contributed by atoms with van der Waals surface area (Å²) < 4.78 is 17.3. The Labute approximate surface area is 210 Å². The lowest BCUT2D eigenvalue weighted by Gasteiger charge is -2.12. The van der Waals surface area contributed by atoms with Crippen molar-refractivity contribution in [3.05, 3.63) is 78.6 Å². The lowest BCUT2D eigenvalue weighted by molar-refractivity contribution is -0.111. The van der Waals surface area contributed by atoms with Crippen LogP contribution in [0.1, 0.15) is 26.3 Å². The molecule has 1 N–H and O–H groups in total. The fraction of sp³-hybridized carbons (Fsp3) is 0.207. The monoisotopic (exact) mass is 487 g/mol. The molecule has 0 aliphatic carbocycles. The van der Waals surface area contributed by atoms with Crippen molar-refractivity contribution in [1.29, 1.82) is 0 Å². The van der Waals surface area contributed by atoms with Gasteiger partial charge in [0.15, 0.2) is 0 Å². The van der Waals surface area contributed by atoms with Crippen molar-refractivity contribution in [3.63, 3.8) is 0 Å². The molecule has 3 aromatic carbocycles. The Hall–Kier alpha value is -3.64. The predicted molar refractivity (Wildman–Crippen MR) is 144 cm³/mol. The van der Waals surface area contributed by atoms with Crippen molar-refractivity contribution in [2.24, 2.45) is 0 Å². The number of fused-ring (bicyclic) bond motifs is 1. The molecule has 0 saturated carbocycles. The highest BCUT2D eigenvalue weighted by molar-refractivity contribution is 7.98. The molecule has 35 heavy (non-hydrogen) atoms. The number of nitrogens with one attached hydrogen (secondary N) is 1. The van der Waals surface area contributed by atoms with Gasteiger partial charge in [0.2, 0.25) is 5.91 Å². The van der Waals surface area contributed by atoms with Gasteiger partial charge < -0.3 is 19.2 Å². The van der Waals surface area contributed by atoms with Crippen LogP contribution in [0.5, 0.6) is 11.5 Å². The number of rotatable bonds is 9. The van der Waals surface area contributed by atoms with Gasteiger partial charge in [-0.3, -0.25) is 4.79 Å². The van der Waals surface area contributed by atoms with Crippen molar-refractivity contribution in [1.82, 2.24) is 0 Å². The molecule has 4 aromatic rings. The minimum absolute atomic E-state index is 0.194. The zero-order valence-electron chi connectivity index (χ0n) is 20.4. The third-order valence-electron chi connectivity index (χ3n) is 5.58. The summed E-state index contributed by atoms with van der Waals surface area (Å²) in [6.45, 7) is 6.95. The zero-order chi connectivity index (χ0) is 24.8. The fourth-order valence-corrected chi connectivity index (χ4v) is 4.29. The molecule has 1 aromatic heterocycles. The fourth-order valence-electron chi connectivity index (χ4n) is 3.89. The molecule has 0 fully saturated rings. The number of carbonyl (C=O) groups is 1. The minimum Gasteiger partial charge on any atom is -0.494 e. The average Bonchev–Trinajstić information content (AvgIpc) is 3.27. The van der Waals surface area contributed by atoms with Crippen molar-refractivity contribution >= 4 is 39.9 Å². The van der Waals surface area contributed by atoms with Gasteiger partial charge in [-0.05, 0) is 80.6 Å². The molecule has 4 rings (SSSR count). The van der Waals surface area contributed by atoms with E-state index in [2.05, 4.69) is 5.32 Å². The molecular weight excluding hydrogens is 458 g/mol. The van der Waals surface area contributed by atoms with E-state index in [4.69, 9.17) is 13.9 Å². The number of benzene rings is 3. The summed E-state index contributed by atoms with van der Waals surface area (Å²) in [5.41, 5.74) is 5.12. The SMILES string of the molecule is CCOc1ccc(-c2coc3cc(OCC)c(/C(C)=C/C(=O)Nc4ccc(SC)cc4)cc23)cc1. The van der Waals surface area contributed by atoms with E-state index in [1.807, 2.05) is 87.7 Å². The Morgan fingerprint density at radius 2 is 1.71 bits per heavy atom. The summed E-state index contributed by atoms with van der Waals surface area (Å²) in [6, 6.07) is 19.6. The van der Waals surface area contributed by atoms with Crippen LogP contribution in [0, 0.1) is 0 Å². The largest absolute Gasteiger partial charge is 0.494 e. The molecule has 1 amide bonds. The molecule has 0 bridgehead atoms. The highest BCUT2D eigenvalue weighted by Gasteiger charge is 2.15. The molecule has 180 valence electrons. The van der Waals surface area contributed by atoms with Crippen molar-refractivity contribution in [2.45, 2.75) is 25.7 Å². The number of hydrogen-bond donors (Lipinski definition) is 1. The van der Waals surface area contributed by atoms with Crippen LogP contribution in [0.15, 0.2) is 82.3 Å². The topological polar surface area (TPSA) is 60.7 Å². The Balaban J connectivity index is 1.66. The number of hydrogen-bond acceptors (Lipinski definition) is 5. The number of furan rings is 1. The Morgan fingerprint density at radius 1 is 1.00 bits per heavy atom. The second kappa shape index (κ2) is 11.2. The van der Waals surface area contributed by atoms with Crippen molar-refractivity contribution < 1.29 is 18.7 Å². The van der Waals surface area contributed by atoms with Gasteiger partial charge in [0.05, 0.1) is 19.5 Å². The van der Waals surface area contributed by atoms with Crippen LogP contribution in [0.4, 0.5) is 5.69 Å². The van der Waals surface area contributed by atoms with E-state index in [0.29, 0.717) is 19.0 Å². The average molecular weight is 488 g/mol. The molecule has 0 aliphatic rings. The van der Waals surface area contributed by atoms with E-state index in [-0.39, 0.29) is 5.91 Å². The van der Waals surface area contributed by atoms with E-state index in [0.717, 1.165) is 49.6 Å². The molecule has 0 saturated heterocycles. The third-order valence-corrected chi connectivity index (χ3v) is 6.33. The van der Waals surface area contributed by atoms with Crippen LogP contribution in [-0.4, -0.2) is 25.4 Å². The summed E-state index contributed by atoms with van der Waals surface area (Å²) in [7, 11) is 0. The zero-order valence-corrected chi connectivity index (χ0v) is 21.2. The summed E-state index contributed by atoms with van der Waals surface area (Å²) in [5.74, 6) is 1.32. The lowest BCUT2D eigenvalue weighted by Crippen LogP contribution is -2.08. The maximum Gasteiger partial charge on any atom is 0.248 e. The highest BCUT2D eigenvalue weighted by atomic mass is 32.2. The number of ether oxygens (including phenoxy) is 2. The van der Waals surface area contributed by atoms with E-state index in [1.54, 1.807) is 24.1 Å². The quantitative estimate of drug-likeness (QED) is 0.194. The predicted octanol–water partition coefficient (Wildman–Crippen LogP) is 7.66. The van der Waals surface area contributed by atoms with Crippen molar-refractivity contribution in [2.75, 3.05) is 24.8 Å². The molecule has 0 atom stereocenters. The first-order chi connectivity index (χ1) is 17.0. The molecule has 0 unspecified atom stereocenters. The number of allylic oxidation sites excluding steroid dienone is 1. The number of thioether (sulfide) groups is 1. The molecule has 1 heterocycles. The van der Waals surface area contributed by atoms with Gasteiger partial charge in [-0.1, -0.05) is 12.1 Å². The van der Waals surface area contributed by atoms with Crippen LogP contribution in [0.2, 0.25) is 0 Å². The Bertz CT molecular complexity index is 1340. The Morgan fingerprint density at radius 3 is 2.37 bits per heavy atom. The number of amides is 1. The van der Waals surface area contributed by atoms with Gasteiger partial charge in [-0.15, -0.1) is 11.8 Å². The maximum absolute atomic E-state index is 12.7. The van der Waals surface area contributed by atoms with Crippen LogP contribution < -0.4 is 14.8 Å². The second-order valence-corrected chi connectivity index (χ2v) is 8.81. The van der Waals surface area contributed by atoms with Crippen LogP contribution in [0.3, 0.4) is 0 Å². The Kier molecular flexibility index (Phi) is 7.83. The van der Waals surface area contributed by atoms with Gasteiger partial charge >= 0.3 is 0 Å². The summed E-state index contributed by atoms with van der Waals surface area (Å²) in [5, 5.41) is 3.89. The maximum atomic E-state index is 12.7. The number of carbonyl (C=O) groups excluding carboxylic acids is 1. The molecule has 0 radical (unpaired) electrons. The van der Waals surface area contributed by atoms with E-state index in [1.165, 1.54) is 0 Å². The van der Waals surface area contributed by atoms with Gasteiger partial charge in [0.1, 0.15) is 17.1 Å². The van der Waals surface area contributed by atoms with Gasteiger partial charge in [0, 0.05) is 39.2 Å². The van der Waals surface area contributed by atoms with E-state index >= 15 is 0 Å². The summed E-state index contributed by atoms with van der Waals surface area (Å²) in [6.07, 6.45) is 5.38. The second-order valence-electron chi connectivity index (χ2n) is 7.93. The molecule has 5 nitrogen and oxygen atoms in total. The third kappa shape index (κ3) is 5.72. The molecule has 0 spiro atoms. The normalized spacial score (nSPS) is 11.5. The van der Waals surface area contributed by atoms with Gasteiger partial charge in [-0.25, -0.2) is 0 Å². The summed E-state index contributed by atoms with van der Waals surface area (Å²) in [4.78, 5) is 13.9. The van der Waals surface area contributed by atoms with E-state index in [9.17, 15) is 4.79 Å². The standard InChI is InChI=1S/C29H29NO4S/c1-5-32-22-11-7-20(8-12-22)26-18-34-28-17-27(33-6-2)24(16-25(26)28)19(3)15-29(31)30-21-9-13-23(35-4)14-10-21/h7-18H,5-6H2,1-4H3,(H,30,31)/b19-15+. The molecule has 0 aliphatic heterocycles. The van der Waals surface area contributed by atoms with E-state index < -0.39 is 0 Å². The first-order valence-electron chi connectivity index (χ1n) is 11.6. The van der Waals surface area contributed by atoms with Crippen molar-refractivity contribution in [3.8, 4) is 22.6 Å².